The van der Waals surface area contributed by atoms with Crippen molar-refractivity contribution in [3.8, 4) is 5.69 Å². The minimum atomic E-state index is 0.875. The maximum absolute atomic E-state index is 6.62. The molecule has 0 saturated carbocycles. The lowest BCUT2D eigenvalue weighted by Crippen LogP contribution is -2.10. The summed E-state index contributed by atoms with van der Waals surface area (Å²) in [6.07, 6.45) is 0. The number of anilines is 3. The Bertz CT molecular complexity index is 3110. The van der Waals surface area contributed by atoms with E-state index in [1.54, 1.807) is 0 Å². The summed E-state index contributed by atoms with van der Waals surface area (Å²) in [5.74, 6) is 0. The zero-order chi connectivity index (χ0) is 32.8. The first-order chi connectivity index (χ1) is 24.8. The summed E-state index contributed by atoms with van der Waals surface area (Å²) in [6, 6.07) is 61.3. The Morgan fingerprint density at radius 2 is 1.10 bits per heavy atom. The summed E-state index contributed by atoms with van der Waals surface area (Å²) in [5.41, 5.74) is 8.54. The van der Waals surface area contributed by atoms with Gasteiger partial charge < -0.3 is 13.9 Å². The number of thiophene rings is 1. The molecular weight excluding hydrogens is 629 g/mol. The van der Waals surface area contributed by atoms with Gasteiger partial charge in [0.15, 0.2) is 0 Å². The van der Waals surface area contributed by atoms with Gasteiger partial charge in [0.2, 0.25) is 0 Å². The van der Waals surface area contributed by atoms with Crippen LogP contribution in [-0.2, 0) is 0 Å². The molecule has 8 aromatic carbocycles. The second-order valence-corrected chi connectivity index (χ2v) is 14.0. The van der Waals surface area contributed by atoms with Crippen LogP contribution in [0.15, 0.2) is 174 Å². The number of benzene rings is 8. The zero-order valence-corrected chi connectivity index (χ0v) is 27.7. The summed E-state index contributed by atoms with van der Waals surface area (Å²) in [6.45, 7) is 0. The number of furan rings is 1. The Balaban J connectivity index is 1.20. The average Bonchev–Trinajstić information content (AvgIpc) is 3.83. The number of aromatic nitrogens is 1. The van der Waals surface area contributed by atoms with Gasteiger partial charge in [0, 0.05) is 64.8 Å². The van der Waals surface area contributed by atoms with Crippen molar-refractivity contribution in [3.05, 3.63) is 170 Å². The molecule has 0 atom stereocenters. The number of para-hydroxylation sites is 2. The van der Waals surface area contributed by atoms with Crippen LogP contribution in [0.5, 0.6) is 0 Å². The molecule has 0 spiro atoms. The van der Waals surface area contributed by atoms with Crippen LogP contribution in [0.3, 0.4) is 0 Å². The van der Waals surface area contributed by atoms with Crippen molar-refractivity contribution >= 4 is 103 Å². The number of fused-ring (bicyclic) bond motifs is 10. The third-order valence-electron chi connectivity index (χ3n) is 10.1. The molecule has 0 aliphatic heterocycles. The average molecular weight is 657 g/mol. The van der Waals surface area contributed by atoms with Crippen molar-refractivity contribution in [3.63, 3.8) is 0 Å². The van der Waals surface area contributed by atoms with Gasteiger partial charge in [-0.2, -0.15) is 0 Å². The van der Waals surface area contributed by atoms with Crippen molar-refractivity contribution in [2.75, 3.05) is 4.90 Å². The SMILES string of the molecule is c1ccc(-n2c3ccccc3c3c(N(c4ccc5c(c4)oc4cc6ccccc6cc45)c4ccc5c(c4)sc4ccccc45)cccc32)cc1. The summed E-state index contributed by atoms with van der Waals surface area (Å²) in [7, 11) is 0. The molecule has 0 unspecified atom stereocenters. The second kappa shape index (κ2) is 10.6. The molecule has 0 radical (unpaired) electrons. The van der Waals surface area contributed by atoms with E-state index in [4.69, 9.17) is 4.42 Å². The van der Waals surface area contributed by atoms with Crippen molar-refractivity contribution in [2.45, 2.75) is 0 Å². The third-order valence-corrected chi connectivity index (χ3v) is 11.3. The van der Waals surface area contributed by atoms with E-state index >= 15 is 0 Å². The Hall–Kier alpha value is -6.36. The first-order valence-corrected chi connectivity index (χ1v) is 17.7. The molecule has 0 saturated heterocycles. The lowest BCUT2D eigenvalue weighted by atomic mass is 10.0. The maximum atomic E-state index is 6.62. The minimum absolute atomic E-state index is 0.875. The fraction of sp³-hybridized carbons (Fsp3) is 0. The molecular formula is C46H28N2OS. The summed E-state index contributed by atoms with van der Waals surface area (Å²) in [4.78, 5) is 2.41. The highest BCUT2D eigenvalue weighted by Crippen LogP contribution is 2.46. The van der Waals surface area contributed by atoms with Gasteiger partial charge in [0.05, 0.1) is 16.7 Å². The van der Waals surface area contributed by atoms with Crippen molar-refractivity contribution in [1.29, 1.82) is 0 Å². The minimum Gasteiger partial charge on any atom is -0.456 e. The normalized spacial score (nSPS) is 12.0. The van der Waals surface area contributed by atoms with Crippen molar-refractivity contribution in [2.24, 2.45) is 0 Å². The fourth-order valence-corrected chi connectivity index (χ4v) is 9.05. The molecule has 11 rings (SSSR count). The smallest absolute Gasteiger partial charge is 0.137 e. The van der Waals surface area contributed by atoms with Crippen LogP contribution in [0.2, 0.25) is 0 Å². The molecule has 0 amide bonds. The zero-order valence-electron chi connectivity index (χ0n) is 26.9. The van der Waals surface area contributed by atoms with E-state index < -0.39 is 0 Å². The lowest BCUT2D eigenvalue weighted by molar-refractivity contribution is 0.669. The predicted octanol–water partition coefficient (Wildman–Crippen LogP) is 13.7. The van der Waals surface area contributed by atoms with Crippen LogP contribution in [0.25, 0.3) is 80.4 Å². The van der Waals surface area contributed by atoms with Crippen LogP contribution in [-0.4, -0.2) is 4.57 Å². The fourth-order valence-electron chi connectivity index (χ4n) is 7.91. The van der Waals surface area contributed by atoms with Gasteiger partial charge in [-0.1, -0.05) is 91.0 Å². The Morgan fingerprint density at radius 1 is 0.440 bits per heavy atom. The summed E-state index contributed by atoms with van der Waals surface area (Å²) >= 11 is 1.85. The van der Waals surface area contributed by atoms with Gasteiger partial charge in [-0.3, -0.25) is 0 Å². The highest BCUT2D eigenvalue weighted by atomic mass is 32.1. The van der Waals surface area contributed by atoms with Crippen LogP contribution < -0.4 is 4.90 Å². The molecule has 3 heterocycles. The van der Waals surface area contributed by atoms with E-state index in [1.165, 1.54) is 52.8 Å². The maximum Gasteiger partial charge on any atom is 0.137 e. The van der Waals surface area contributed by atoms with E-state index in [9.17, 15) is 0 Å². The van der Waals surface area contributed by atoms with Crippen molar-refractivity contribution < 1.29 is 4.42 Å². The van der Waals surface area contributed by atoms with E-state index in [0.29, 0.717) is 0 Å². The van der Waals surface area contributed by atoms with E-state index in [1.807, 2.05) is 11.3 Å². The first kappa shape index (κ1) is 27.6. The van der Waals surface area contributed by atoms with Crippen LogP contribution in [0.1, 0.15) is 0 Å². The molecule has 11 aromatic rings. The Labute approximate surface area is 291 Å². The Kier molecular flexibility index (Phi) is 5.83. The number of nitrogens with zero attached hydrogens (tertiary/aromatic N) is 2. The van der Waals surface area contributed by atoms with Crippen LogP contribution >= 0.6 is 11.3 Å². The standard InChI is InChI=1S/C46H28N2OS/c1-2-13-31(14-3-1)48-39-17-8-6-16-37(39)46-40(18-10-19-41(46)48)47(33-22-24-36-35-15-7-9-20-44(35)50-45(36)28-33)32-21-23-34-38-25-29-11-4-5-12-30(29)26-42(38)49-43(34)27-32/h1-28H. The highest BCUT2D eigenvalue weighted by Gasteiger charge is 2.22. The molecule has 234 valence electrons. The largest absolute Gasteiger partial charge is 0.456 e. The van der Waals surface area contributed by atoms with Gasteiger partial charge in [-0.25, -0.2) is 0 Å². The van der Waals surface area contributed by atoms with Gasteiger partial charge >= 0.3 is 0 Å². The van der Waals surface area contributed by atoms with Gasteiger partial charge in [-0.15, -0.1) is 11.3 Å². The summed E-state index contributed by atoms with van der Waals surface area (Å²) < 4.78 is 11.6. The molecule has 0 fully saturated rings. The first-order valence-electron chi connectivity index (χ1n) is 16.9. The highest BCUT2D eigenvalue weighted by molar-refractivity contribution is 7.25. The topological polar surface area (TPSA) is 21.3 Å². The third kappa shape index (κ3) is 4.03. The van der Waals surface area contributed by atoms with Gasteiger partial charge in [-0.05, 0) is 83.6 Å². The molecule has 4 heteroatoms. The van der Waals surface area contributed by atoms with E-state index in [-0.39, 0.29) is 0 Å². The number of rotatable bonds is 4. The molecule has 0 aliphatic rings. The van der Waals surface area contributed by atoms with Gasteiger partial charge in [0.1, 0.15) is 11.2 Å². The molecule has 3 aromatic heterocycles. The van der Waals surface area contributed by atoms with E-state index in [2.05, 4.69) is 179 Å². The lowest BCUT2D eigenvalue weighted by Gasteiger charge is -2.26. The Morgan fingerprint density at radius 3 is 1.98 bits per heavy atom. The number of hydrogen-bond acceptors (Lipinski definition) is 3. The monoisotopic (exact) mass is 656 g/mol. The predicted molar refractivity (Wildman–Crippen MR) is 213 cm³/mol. The molecule has 0 N–H and O–H groups in total. The van der Waals surface area contributed by atoms with Crippen LogP contribution in [0, 0.1) is 0 Å². The van der Waals surface area contributed by atoms with Crippen molar-refractivity contribution in [1.82, 2.24) is 4.57 Å². The molecule has 0 bridgehead atoms. The summed E-state index contributed by atoms with van der Waals surface area (Å²) in [5, 5.41) is 9.66. The van der Waals surface area contributed by atoms with Gasteiger partial charge in [0.25, 0.3) is 0 Å². The molecule has 0 aliphatic carbocycles. The quantitative estimate of drug-likeness (QED) is 0.188. The molecule has 3 nitrogen and oxygen atoms in total. The second-order valence-electron chi connectivity index (χ2n) is 13.0. The van der Waals surface area contributed by atoms with E-state index in [0.717, 1.165) is 44.7 Å². The van der Waals surface area contributed by atoms with Crippen LogP contribution in [0.4, 0.5) is 17.1 Å². The number of hydrogen-bond donors (Lipinski definition) is 0. The molecule has 50 heavy (non-hydrogen) atoms.